The Hall–Kier alpha value is -2.76. The summed E-state index contributed by atoms with van der Waals surface area (Å²) in [5.74, 6) is 0.314. The van der Waals surface area contributed by atoms with E-state index in [4.69, 9.17) is 9.52 Å². The van der Waals surface area contributed by atoms with Gasteiger partial charge in [-0.15, -0.1) is 0 Å². The zero-order valence-electron chi connectivity index (χ0n) is 13.8. The first-order valence-electron chi connectivity index (χ1n) is 8.16. The van der Waals surface area contributed by atoms with Crippen LogP contribution in [0.2, 0.25) is 0 Å². The van der Waals surface area contributed by atoms with Gasteiger partial charge in [-0.1, -0.05) is 0 Å². The maximum Gasteiger partial charge on any atom is 0.290 e. The molecule has 0 N–H and O–H groups in total. The normalized spacial score (nSPS) is 13.7. The van der Waals surface area contributed by atoms with E-state index in [1.165, 1.54) is 6.26 Å². The monoisotopic (exact) mass is 324 g/mol. The third-order valence-corrected chi connectivity index (χ3v) is 4.40. The Balaban J connectivity index is 1.65. The molecule has 24 heavy (non-hydrogen) atoms. The first-order chi connectivity index (χ1) is 11.6. The van der Waals surface area contributed by atoms with Gasteiger partial charge in [-0.25, -0.2) is 0 Å². The number of hydrogen-bond donors (Lipinski definition) is 0. The lowest BCUT2D eigenvalue weighted by Gasteiger charge is -2.16. The summed E-state index contributed by atoms with van der Waals surface area (Å²) < 4.78 is 9.41. The molecule has 0 unspecified atom stereocenters. The van der Waals surface area contributed by atoms with E-state index in [9.17, 15) is 4.79 Å². The van der Waals surface area contributed by atoms with Crippen molar-refractivity contribution in [1.82, 2.24) is 19.2 Å². The fourth-order valence-electron chi connectivity index (χ4n) is 3.24. The summed E-state index contributed by atoms with van der Waals surface area (Å²) in [7, 11) is 0. The smallest absolute Gasteiger partial charge is 0.290 e. The second-order valence-electron chi connectivity index (χ2n) is 6.40. The topological polar surface area (TPSA) is 56.2 Å². The highest BCUT2D eigenvalue weighted by atomic mass is 16.3. The number of furan rings is 1. The lowest BCUT2D eigenvalue weighted by Crippen LogP contribution is -2.26. The molecule has 0 aliphatic carbocycles. The maximum atomic E-state index is 12.6. The number of fused-ring (bicyclic) bond motifs is 1. The van der Waals surface area contributed by atoms with Crippen LogP contribution >= 0.6 is 0 Å². The second-order valence-corrected chi connectivity index (χ2v) is 6.40. The van der Waals surface area contributed by atoms with Gasteiger partial charge in [-0.05, 0) is 38.1 Å². The largest absolute Gasteiger partial charge is 0.459 e. The molecule has 1 aliphatic rings. The Kier molecular flexibility index (Phi) is 3.52. The van der Waals surface area contributed by atoms with Crippen LogP contribution in [0, 0.1) is 0 Å². The van der Waals surface area contributed by atoms with Crippen LogP contribution in [0.3, 0.4) is 0 Å². The van der Waals surface area contributed by atoms with Gasteiger partial charge in [0.15, 0.2) is 5.76 Å². The first kappa shape index (κ1) is 14.8. The van der Waals surface area contributed by atoms with Crippen molar-refractivity contribution in [3.63, 3.8) is 0 Å². The maximum absolute atomic E-state index is 12.6. The molecule has 3 aromatic rings. The van der Waals surface area contributed by atoms with E-state index in [-0.39, 0.29) is 11.9 Å². The summed E-state index contributed by atoms with van der Waals surface area (Å²) in [6.45, 7) is 6.11. The molecule has 4 rings (SSSR count). The fraction of sp³-hybridized carbons (Fsp3) is 0.333. The van der Waals surface area contributed by atoms with E-state index in [0.29, 0.717) is 18.8 Å². The fourth-order valence-corrected chi connectivity index (χ4v) is 3.24. The van der Waals surface area contributed by atoms with E-state index in [2.05, 4.69) is 18.4 Å². The number of carbonyl (C=O) groups excluding carboxylic acids is 1. The van der Waals surface area contributed by atoms with Gasteiger partial charge in [0.1, 0.15) is 0 Å². The van der Waals surface area contributed by atoms with E-state index in [1.807, 2.05) is 34.1 Å². The van der Waals surface area contributed by atoms with Gasteiger partial charge >= 0.3 is 0 Å². The molecule has 6 nitrogen and oxygen atoms in total. The molecular weight excluding hydrogens is 304 g/mol. The number of aromatic nitrogens is 3. The minimum absolute atomic E-state index is 0.0709. The van der Waals surface area contributed by atoms with E-state index < -0.39 is 0 Å². The predicted octanol–water partition coefficient (Wildman–Crippen LogP) is 3.06. The number of nitrogens with zero attached hydrogens (tertiary/aromatic N) is 4. The van der Waals surface area contributed by atoms with Crippen molar-refractivity contribution in [3.8, 4) is 0 Å². The van der Waals surface area contributed by atoms with Gasteiger partial charge in [-0.2, -0.15) is 5.10 Å². The van der Waals surface area contributed by atoms with E-state index in [1.54, 1.807) is 12.1 Å². The molecular formula is C18H20N4O2. The summed E-state index contributed by atoms with van der Waals surface area (Å²) in [6.07, 6.45) is 5.59. The van der Waals surface area contributed by atoms with Gasteiger partial charge in [0.25, 0.3) is 5.91 Å². The highest BCUT2D eigenvalue weighted by molar-refractivity contribution is 5.91. The van der Waals surface area contributed by atoms with Crippen LogP contribution in [0.1, 0.15) is 47.4 Å². The lowest BCUT2D eigenvalue weighted by molar-refractivity contribution is 0.0715. The summed E-state index contributed by atoms with van der Waals surface area (Å²) in [6, 6.07) is 7.72. The average molecular weight is 324 g/mol. The molecule has 124 valence electrons. The van der Waals surface area contributed by atoms with E-state index in [0.717, 1.165) is 23.5 Å². The number of carbonyl (C=O) groups is 1. The van der Waals surface area contributed by atoms with Crippen molar-refractivity contribution in [2.45, 2.75) is 39.5 Å². The van der Waals surface area contributed by atoms with Crippen molar-refractivity contribution in [2.75, 3.05) is 0 Å². The zero-order chi connectivity index (χ0) is 16.7. The number of hydrogen-bond acceptors (Lipinski definition) is 3. The Morgan fingerprint density at radius 1 is 1.25 bits per heavy atom. The molecule has 1 amide bonds. The standard InChI is InChI=1S/C18H20N4O2/c1-13(2)22-16-12-21(18(23)17-6-5-9-24-17)10-14(16)15(19-22)11-20-7-3-4-8-20/h3-9,13H,10-12H2,1-2H3. The van der Waals surface area contributed by atoms with Crippen LogP contribution in [0.4, 0.5) is 0 Å². The molecule has 3 aromatic heterocycles. The highest BCUT2D eigenvalue weighted by Crippen LogP contribution is 2.30. The summed E-state index contributed by atoms with van der Waals surface area (Å²) >= 11 is 0. The van der Waals surface area contributed by atoms with Crippen molar-refractivity contribution in [1.29, 1.82) is 0 Å². The zero-order valence-corrected chi connectivity index (χ0v) is 13.8. The molecule has 0 atom stereocenters. The SMILES string of the molecule is CC(C)n1nc(Cn2cccc2)c2c1CN(C(=O)c1ccco1)C2. The molecule has 0 fully saturated rings. The van der Waals surface area contributed by atoms with Crippen LogP contribution in [0.5, 0.6) is 0 Å². The van der Waals surface area contributed by atoms with Gasteiger partial charge in [0, 0.05) is 24.0 Å². The van der Waals surface area contributed by atoms with Gasteiger partial charge < -0.3 is 13.9 Å². The molecule has 4 heterocycles. The number of amides is 1. The first-order valence-corrected chi connectivity index (χ1v) is 8.16. The van der Waals surface area contributed by atoms with Gasteiger partial charge in [0.2, 0.25) is 0 Å². The minimum atomic E-state index is -0.0709. The Morgan fingerprint density at radius 2 is 2.04 bits per heavy atom. The van der Waals surface area contributed by atoms with E-state index >= 15 is 0 Å². The number of rotatable bonds is 4. The molecule has 0 saturated heterocycles. The molecule has 6 heteroatoms. The third kappa shape index (κ3) is 2.44. The van der Waals surface area contributed by atoms with Crippen molar-refractivity contribution >= 4 is 5.91 Å². The molecule has 0 saturated carbocycles. The minimum Gasteiger partial charge on any atom is -0.459 e. The van der Waals surface area contributed by atoms with Crippen LogP contribution < -0.4 is 0 Å². The van der Waals surface area contributed by atoms with Gasteiger partial charge in [-0.3, -0.25) is 9.48 Å². The molecule has 0 aromatic carbocycles. The second kappa shape index (κ2) is 5.70. The van der Waals surface area contributed by atoms with Crippen molar-refractivity contribution in [2.24, 2.45) is 0 Å². The summed E-state index contributed by atoms with van der Waals surface area (Å²) in [5.41, 5.74) is 3.33. The lowest BCUT2D eigenvalue weighted by atomic mass is 10.2. The average Bonchev–Trinajstić information content (AvgIpc) is 3.33. The Morgan fingerprint density at radius 3 is 2.71 bits per heavy atom. The molecule has 0 radical (unpaired) electrons. The van der Waals surface area contributed by atoms with Crippen molar-refractivity contribution in [3.05, 3.63) is 65.6 Å². The Labute approximate surface area is 140 Å². The molecule has 0 bridgehead atoms. The van der Waals surface area contributed by atoms with Crippen LogP contribution in [0.15, 0.2) is 47.3 Å². The quantitative estimate of drug-likeness (QED) is 0.741. The summed E-state index contributed by atoms with van der Waals surface area (Å²) in [4.78, 5) is 14.4. The summed E-state index contributed by atoms with van der Waals surface area (Å²) in [5, 5.41) is 4.80. The van der Waals surface area contributed by atoms with Crippen LogP contribution in [-0.4, -0.2) is 25.2 Å². The predicted molar refractivity (Wildman–Crippen MR) is 88.4 cm³/mol. The highest BCUT2D eigenvalue weighted by Gasteiger charge is 2.32. The molecule has 0 spiro atoms. The van der Waals surface area contributed by atoms with Gasteiger partial charge in [0.05, 0.1) is 37.3 Å². The van der Waals surface area contributed by atoms with Crippen LogP contribution in [0.25, 0.3) is 0 Å². The molecule has 1 aliphatic heterocycles. The van der Waals surface area contributed by atoms with Crippen LogP contribution in [-0.2, 0) is 19.6 Å². The van der Waals surface area contributed by atoms with Crippen molar-refractivity contribution < 1.29 is 9.21 Å². The third-order valence-electron chi connectivity index (χ3n) is 4.40. The Bertz CT molecular complexity index is 844.